The van der Waals surface area contributed by atoms with E-state index >= 15 is 0 Å². The minimum Gasteiger partial charge on any atom is -0.377 e. The number of amides is 4. The van der Waals surface area contributed by atoms with Crippen molar-refractivity contribution in [2.24, 2.45) is 23.7 Å². The molecule has 2 saturated heterocycles. The van der Waals surface area contributed by atoms with Crippen molar-refractivity contribution in [3.8, 4) is 0 Å². The van der Waals surface area contributed by atoms with Crippen LogP contribution in [0.15, 0.2) is 23.3 Å². The Kier molecular flexibility index (Phi) is 5.85. The normalized spacial score (nSPS) is 35.4. The van der Waals surface area contributed by atoms with Crippen molar-refractivity contribution >= 4 is 23.6 Å². The Balaban J connectivity index is 1.40. The van der Waals surface area contributed by atoms with E-state index in [2.05, 4.69) is 0 Å². The predicted octanol–water partition coefficient (Wildman–Crippen LogP) is 0.155. The molecule has 0 aromatic heterocycles. The Morgan fingerprint density at radius 1 is 0.742 bits per heavy atom. The van der Waals surface area contributed by atoms with E-state index in [1.807, 2.05) is 12.2 Å². The van der Waals surface area contributed by atoms with Crippen molar-refractivity contribution in [2.75, 3.05) is 41.5 Å². The van der Waals surface area contributed by atoms with Gasteiger partial charge in [-0.05, 0) is 24.0 Å². The van der Waals surface area contributed by atoms with Crippen LogP contribution in [0.3, 0.4) is 0 Å². The van der Waals surface area contributed by atoms with Crippen LogP contribution in [0, 0.1) is 23.7 Å². The summed E-state index contributed by atoms with van der Waals surface area (Å²) in [6.45, 7) is 0.592. The molecule has 0 bridgehead atoms. The van der Waals surface area contributed by atoms with Gasteiger partial charge < -0.3 is 14.2 Å². The molecule has 4 rings (SSSR count). The molecule has 2 fully saturated rings. The number of imide groups is 2. The molecule has 0 radical (unpaired) electrons. The maximum absolute atomic E-state index is 12.4. The predicted molar refractivity (Wildman–Crippen MR) is 107 cm³/mol. The molecule has 0 aromatic carbocycles. The molecule has 0 unspecified atom stereocenters. The first-order valence-electron chi connectivity index (χ1n) is 10.4. The van der Waals surface area contributed by atoms with Crippen LogP contribution < -0.4 is 0 Å². The summed E-state index contributed by atoms with van der Waals surface area (Å²) >= 11 is 0. The van der Waals surface area contributed by atoms with Gasteiger partial charge >= 0.3 is 0 Å². The van der Waals surface area contributed by atoms with Crippen molar-refractivity contribution in [3.63, 3.8) is 0 Å². The highest BCUT2D eigenvalue weighted by Crippen LogP contribution is 2.40. The topological polar surface area (TPSA) is 102 Å². The van der Waals surface area contributed by atoms with Crippen molar-refractivity contribution in [1.29, 1.82) is 0 Å². The summed E-state index contributed by atoms with van der Waals surface area (Å²) in [5.74, 6) is -2.56. The first-order valence-corrected chi connectivity index (χ1v) is 10.4. The molecule has 9 heteroatoms. The number of rotatable bonds is 6. The van der Waals surface area contributed by atoms with E-state index in [9.17, 15) is 19.2 Å². The van der Waals surface area contributed by atoms with Gasteiger partial charge in [0.1, 0.15) is 0 Å². The number of carbonyl (C=O) groups is 4. The molecular formula is C22H28N2O7. The summed E-state index contributed by atoms with van der Waals surface area (Å²) in [7, 11) is 6.08. The molecule has 168 valence electrons. The van der Waals surface area contributed by atoms with E-state index in [1.165, 1.54) is 38.1 Å². The van der Waals surface area contributed by atoms with Gasteiger partial charge in [0, 0.05) is 28.3 Å². The summed E-state index contributed by atoms with van der Waals surface area (Å²) in [4.78, 5) is 52.0. The second kappa shape index (κ2) is 8.29. The molecule has 6 atom stereocenters. The van der Waals surface area contributed by atoms with Crippen LogP contribution in [0.4, 0.5) is 0 Å². The maximum atomic E-state index is 12.4. The minimum absolute atomic E-state index is 0.180. The highest BCUT2D eigenvalue weighted by atomic mass is 16.5. The van der Waals surface area contributed by atoms with Crippen LogP contribution in [0.2, 0.25) is 0 Å². The summed E-state index contributed by atoms with van der Waals surface area (Å²) in [6.07, 6.45) is 3.77. The van der Waals surface area contributed by atoms with Gasteiger partial charge in [-0.15, -0.1) is 0 Å². The second-order valence-corrected chi connectivity index (χ2v) is 8.69. The smallest absolute Gasteiger partial charge is 0.235 e. The Labute approximate surface area is 181 Å². The van der Waals surface area contributed by atoms with Crippen LogP contribution in [0.5, 0.6) is 0 Å². The zero-order chi connectivity index (χ0) is 22.4. The van der Waals surface area contributed by atoms with Gasteiger partial charge in [0.2, 0.25) is 23.6 Å². The first-order chi connectivity index (χ1) is 14.8. The number of fused-ring (bicyclic) bond motifs is 2. The number of nitrogens with zero attached hydrogens (tertiary/aromatic N) is 2. The fourth-order valence-electron chi connectivity index (χ4n) is 5.31. The molecule has 9 nitrogen and oxygen atoms in total. The molecule has 0 spiro atoms. The van der Waals surface area contributed by atoms with Gasteiger partial charge in [-0.2, -0.15) is 0 Å². The Morgan fingerprint density at radius 2 is 1.13 bits per heavy atom. The van der Waals surface area contributed by atoms with Crippen molar-refractivity contribution in [2.45, 2.75) is 25.0 Å². The summed E-state index contributed by atoms with van der Waals surface area (Å²) < 4.78 is 16.9. The van der Waals surface area contributed by atoms with Gasteiger partial charge in [0.05, 0.1) is 49.1 Å². The van der Waals surface area contributed by atoms with Gasteiger partial charge in [-0.1, -0.05) is 12.2 Å². The van der Waals surface area contributed by atoms with Gasteiger partial charge in [0.15, 0.2) is 0 Å². The van der Waals surface area contributed by atoms with Gasteiger partial charge in [-0.3, -0.25) is 29.0 Å². The number of hydrogen-bond acceptors (Lipinski definition) is 7. The van der Waals surface area contributed by atoms with Crippen LogP contribution in [-0.4, -0.2) is 87.2 Å². The Hall–Kier alpha value is -2.36. The van der Waals surface area contributed by atoms with Gasteiger partial charge in [0.25, 0.3) is 0 Å². The number of ether oxygens (including phenoxy) is 3. The molecule has 0 N–H and O–H groups in total. The van der Waals surface area contributed by atoms with E-state index in [1.54, 1.807) is 0 Å². The molecule has 4 aliphatic rings. The van der Waals surface area contributed by atoms with Crippen molar-refractivity contribution < 1.29 is 33.4 Å². The van der Waals surface area contributed by atoms with Crippen molar-refractivity contribution in [3.05, 3.63) is 23.3 Å². The van der Waals surface area contributed by atoms with E-state index in [-0.39, 0.29) is 23.6 Å². The van der Waals surface area contributed by atoms with Crippen LogP contribution >= 0.6 is 0 Å². The standard InChI is InChI=1S/C22H28N2O7/c1-23-19(25)13-5-11(7-15(29-3)17(13)21(23)27)9-31-10-12-6-14-18(16(8-12)30-4)22(28)24(2)20(14)26/h7-8,13-18H,5-6,9-10H2,1-4H3/t13-,14+,15+,16-,17-,18+. The Morgan fingerprint density at radius 3 is 1.48 bits per heavy atom. The lowest BCUT2D eigenvalue weighted by Crippen LogP contribution is -2.36. The molecule has 31 heavy (non-hydrogen) atoms. The highest BCUT2D eigenvalue weighted by molar-refractivity contribution is 6.06. The highest BCUT2D eigenvalue weighted by Gasteiger charge is 2.52. The summed E-state index contributed by atoms with van der Waals surface area (Å²) in [6, 6.07) is 0. The number of carbonyl (C=O) groups excluding carboxylic acids is 4. The lowest BCUT2D eigenvalue weighted by atomic mass is 9.79. The lowest BCUT2D eigenvalue weighted by Gasteiger charge is -2.30. The van der Waals surface area contributed by atoms with Crippen LogP contribution in [-0.2, 0) is 33.4 Å². The first kappa shape index (κ1) is 21.9. The fourth-order valence-corrected chi connectivity index (χ4v) is 5.31. The molecule has 4 amide bonds. The number of hydrogen-bond donors (Lipinski definition) is 0. The average molecular weight is 432 g/mol. The molecule has 2 aliphatic heterocycles. The third-order valence-electron chi connectivity index (χ3n) is 6.99. The summed E-state index contributed by atoms with van der Waals surface area (Å²) in [5, 5.41) is 0. The monoisotopic (exact) mass is 432 g/mol. The zero-order valence-corrected chi connectivity index (χ0v) is 18.2. The van der Waals surface area contributed by atoms with E-state index in [0.29, 0.717) is 26.1 Å². The zero-order valence-electron chi connectivity index (χ0n) is 18.2. The van der Waals surface area contributed by atoms with Crippen LogP contribution in [0.25, 0.3) is 0 Å². The van der Waals surface area contributed by atoms with E-state index in [4.69, 9.17) is 14.2 Å². The average Bonchev–Trinajstić information content (AvgIpc) is 3.13. The SMILES string of the molecule is CO[C@H]1C=C(COCC2=C[C@@H](OC)[C@H]3C(=O)N(C)C(=O)[C@H]3C2)C[C@H]2C(=O)N(C)C(=O)[C@@H]12. The third-order valence-corrected chi connectivity index (χ3v) is 6.99. The van der Waals surface area contributed by atoms with Crippen molar-refractivity contribution in [1.82, 2.24) is 9.80 Å². The van der Waals surface area contributed by atoms with Gasteiger partial charge in [-0.25, -0.2) is 0 Å². The van der Waals surface area contributed by atoms with Crippen LogP contribution in [0.1, 0.15) is 12.8 Å². The van der Waals surface area contributed by atoms with E-state index < -0.39 is 35.9 Å². The fraction of sp³-hybridized carbons (Fsp3) is 0.636. The largest absolute Gasteiger partial charge is 0.377 e. The number of likely N-dealkylation sites (tertiary alicyclic amines) is 2. The molecule has 0 saturated carbocycles. The number of methoxy groups -OCH3 is 2. The molecular weight excluding hydrogens is 404 g/mol. The second-order valence-electron chi connectivity index (χ2n) is 8.69. The minimum atomic E-state index is -0.477. The third kappa shape index (κ3) is 3.54. The summed E-state index contributed by atoms with van der Waals surface area (Å²) in [5.41, 5.74) is 1.82. The Bertz CT molecular complexity index is 809. The maximum Gasteiger partial charge on any atom is 0.235 e. The lowest BCUT2D eigenvalue weighted by molar-refractivity contribution is -0.140. The quantitative estimate of drug-likeness (QED) is 0.435. The van der Waals surface area contributed by atoms with E-state index in [0.717, 1.165) is 11.1 Å². The molecule has 2 aliphatic carbocycles. The molecule has 0 aromatic rings. The molecule has 2 heterocycles.